The van der Waals surface area contributed by atoms with Crippen LogP contribution in [0.15, 0.2) is 40.8 Å². The topological polar surface area (TPSA) is 36.6 Å². The number of hydrogen-bond donors (Lipinski definition) is 1. The molecule has 1 aliphatic heterocycles. The van der Waals surface area contributed by atoms with Crippen molar-refractivity contribution in [2.24, 2.45) is 0 Å². The average molecular weight is 292 g/mol. The Bertz CT molecular complexity index is 581. The number of aliphatic hydroxyl groups is 1. The van der Waals surface area contributed by atoms with E-state index in [0.29, 0.717) is 11.7 Å². The van der Waals surface area contributed by atoms with Gasteiger partial charge in [-0.2, -0.15) is 0 Å². The van der Waals surface area contributed by atoms with Gasteiger partial charge >= 0.3 is 0 Å². The number of hydrogen-bond acceptors (Lipinski definition) is 3. The lowest BCUT2D eigenvalue weighted by Gasteiger charge is -2.15. The zero-order valence-corrected chi connectivity index (χ0v) is 12.0. The summed E-state index contributed by atoms with van der Waals surface area (Å²) in [6, 6.07) is 11.9. The normalized spacial score (nSPS) is 19.6. The molecular weight excluding hydrogens is 274 g/mol. The second-order valence-electron chi connectivity index (χ2n) is 5.27. The molecule has 4 heteroatoms. The summed E-state index contributed by atoms with van der Waals surface area (Å²) in [5, 5.41) is 9.87. The van der Waals surface area contributed by atoms with Gasteiger partial charge in [-0.15, -0.1) is 0 Å². The summed E-state index contributed by atoms with van der Waals surface area (Å²) in [5.41, 5.74) is 1.24. The highest BCUT2D eigenvalue weighted by Gasteiger charge is 2.25. The lowest BCUT2D eigenvalue weighted by atomic mass is 9.98. The number of furan rings is 1. The van der Waals surface area contributed by atoms with E-state index in [-0.39, 0.29) is 6.61 Å². The first-order valence-corrected chi connectivity index (χ1v) is 7.29. The number of rotatable bonds is 4. The molecular formula is C16H18ClNO2. The van der Waals surface area contributed by atoms with E-state index in [9.17, 15) is 0 Å². The van der Waals surface area contributed by atoms with Crippen molar-refractivity contribution < 1.29 is 9.52 Å². The van der Waals surface area contributed by atoms with E-state index in [0.717, 1.165) is 36.8 Å². The number of nitrogens with zero attached hydrogens (tertiary/aromatic N) is 1. The van der Waals surface area contributed by atoms with Crippen LogP contribution in [0.2, 0.25) is 5.02 Å². The summed E-state index contributed by atoms with van der Waals surface area (Å²) in [5.74, 6) is 2.03. The van der Waals surface area contributed by atoms with Gasteiger partial charge in [0.05, 0.1) is 6.54 Å². The Morgan fingerprint density at radius 3 is 2.75 bits per heavy atom. The minimum atomic E-state index is -0.0394. The summed E-state index contributed by atoms with van der Waals surface area (Å²) in [6.07, 6.45) is 1.12. The fraction of sp³-hybridized carbons (Fsp3) is 0.375. The molecule has 106 valence electrons. The van der Waals surface area contributed by atoms with Crippen molar-refractivity contribution in [2.45, 2.75) is 25.5 Å². The summed E-state index contributed by atoms with van der Waals surface area (Å²) < 4.78 is 5.54. The van der Waals surface area contributed by atoms with Gasteiger partial charge in [0.1, 0.15) is 18.1 Å². The maximum atomic E-state index is 9.01. The highest BCUT2D eigenvalue weighted by atomic mass is 35.5. The maximum absolute atomic E-state index is 9.01. The minimum Gasteiger partial charge on any atom is -0.462 e. The molecule has 1 aliphatic rings. The van der Waals surface area contributed by atoms with Crippen molar-refractivity contribution in [1.29, 1.82) is 0 Å². The van der Waals surface area contributed by atoms with Gasteiger partial charge in [0.25, 0.3) is 0 Å². The van der Waals surface area contributed by atoms with Crippen LogP contribution in [0.3, 0.4) is 0 Å². The maximum Gasteiger partial charge on any atom is 0.129 e. The Hall–Kier alpha value is -1.29. The minimum absolute atomic E-state index is 0.0394. The Balaban J connectivity index is 1.63. The van der Waals surface area contributed by atoms with Crippen LogP contribution in [0.25, 0.3) is 0 Å². The lowest BCUT2D eigenvalue weighted by molar-refractivity contribution is 0.232. The first kappa shape index (κ1) is 13.7. The second kappa shape index (κ2) is 6.00. The molecule has 0 saturated carbocycles. The van der Waals surface area contributed by atoms with Crippen LogP contribution >= 0.6 is 11.6 Å². The molecule has 0 aliphatic carbocycles. The molecule has 1 atom stereocenters. The van der Waals surface area contributed by atoms with Crippen LogP contribution in [-0.2, 0) is 13.2 Å². The van der Waals surface area contributed by atoms with E-state index >= 15 is 0 Å². The number of halogens is 1. The van der Waals surface area contributed by atoms with Gasteiger partial charge in [-0.05, 0) is 42.6 Å². The Kier molecular flexibility index (Phi) is 4.10. The van der Waals surface area contributed by atoms with Crippen LogP contribution < -0.4 is 0 Å². The van der Waals surface area contributed by atoms with E-state index in [1.807, 2.05) is 30.3 Å². The Labute approximate surface area is 123 Å². The van der Waals surface area contributed by atoms with Gasteiger partial charge < -0.3 is 9.52 Å². The SMILES string of the molecule is OCc1ccc(CN2CC[C@@H](c3ccccc3Cl)C2)o1. The van der Waals surface area contributed by atoms with Gasteiger partial charge in [0.2, 0.25) is 0 Å². The molecule has 1 aromatic heterocycles. The van der Waals surface area contributed by atoms with Crippen molar-refractivity contribution in [3.05, 3.63) is 58.5 Å². The zero-order valence-electron chi connectivity index (χ0n) is 11.3. The standard InChI is InChI=1S/C16H18ClNO2/c17-16-4-2-1-3-15(16)12-7-8-18(9-12)10-13-5-6-14(11-19)20-13/h1-6,12,19H,7-11H2/t12-/m1/s1. The third-order valence-electron chi connectivity index (χ3n) is 3.87. The molecule has 0 spiro atoms. The molecule has 0 unspecified atom stereocenters. The highest BCUT2D eigenvalue weighted by Crippen LogP contribution is 2.32. The monoisotopic (exact) mass is 291 g/mol. The van der Waals surface area contributed by atoms with Crippen molar-refractivity contribution in [3.8, 4) is 0 Å². The fourth-order valence-electron chi connectivity index (χ4n) is 2.85. The summed E-state index contributed by atoms with van der Waals surface area (Å²) in [6.45, 7) is 2.80. The molecule has 0 radical (unpaired) electrons. The predicted octanol–water partition coefficient (Wildman–Crippen LogP) is 3.41. The van der Waals surface area contributed by atoms with E-state index < -0.39 is 0 Å². The van der Waals surface area contributed by atoms with Crippen LogP contribution in [0.5, 0.6) is 0 Å². The van der Waals surface area contributed by atoms with Crippen molar-refractivity contribution >= 4 is 11.6 Å². The van der Waals surface area contributed by atoms with Gasteiger partial charge in [-0.25, -0.2) is 0 Å². The predicted molar refractivity (Wildman–Crippen MR) is 78.7 cm³/mol. The molecule has 1 N–H and O–H groups in total. The summed E-state index contributed by atoms with van der Waals surface area (Å²) in [4.78, 5) is 2.37. The second-order valence-corrected chi connectivity index (χ2v) is 5.68. The van der Waals surface area contributed by atoms with Crippen LogP contribution in [0.4, 0.5) is 0 Å². The van der Waals surface area contributed by atoms with E-state index in [1.54, 1.807) is 0 Å². The first-order chi connectivity index (χ1) is 9.76. The van der Waals surface area contributed by atoms with Crippen molar-refractivity contribution in [3.63, 3.8) is 0 Å². The molecule has 1 aromatic carbocycles. The van der Waals surface area contributed by atoms with E-state index in [2.05, 4.69) is 11.0 Å². The highest BCUT2D eigenvalue weighted by molar-refractivity contribution is 6.31. The van der Waals surface area contributed by atoms with Gasteiger partial charge in [0.15, 0.2) is 0 Å². The van der Waals surface area contributed by atoms with Crippen LogP contribution in [0.1, 0.15) is 29.4 Å². The largest absolute Gasteiger partial charge is 0.462 e. The number of aliphatic hydroxyl groups excluding tert-OH is 1. The number of likely N-dealkylation sites (tertiary alicyclic amines) is 1. The first-order valence-electron chi connectivity index (χ1n) is 6.91. The zero-order chi connectivity index (χ0) is 13.9. The van der Waals surface area contributed by atoms with Gasteiger partial charge in [0, 0.05) is 11.6 Å². The van der Waals surface area contributed by atoms with Crippen molar-refractivity contribution in [1.82, 2.24) is 4.90 Å². The van der Waals surface area contributed by atoms with Gasteiger partial charge in [-0.1, -0.05) is 29.8 Å². The Morgan fingerprint density at radius 1 is 1.20 bits per heavy atom. The average Bonchev–Trinajstić information content (AvgIpc) is 3.09. The fourth-order valence-corrected chi connectivity index (χ4v) is 3.14. The van der Waals surface area contributed by atoms with Crippen molar-refractivity contribution in [2.75, 3.05) is 13.1 Å². The molecule has 20 heavy (non-hydrogen) atoms. The summed E-state index contributed by atoms with van der Waals surface area (Å²) in [7, 11) is 0. The third kappa shape index (κ3) is 2.90. The van der Waals surface area contributed by atoms with E-state index in [4.69, 9.17) is 21.1 Å². The lowest BCUT2D eigenvalue weighted by Crippen LogP contribution is -2.19. The smallest absolute Gasteiger partial charge is 0.129 e. The summed E-state index contributed by atoms with van der Waals surface area (Å²) >= 11 is 6.27. The van der Waals surface area contributed by atoms with Crippen LogP contribution in [0, 0.1) is 0 Å². The quantitative estimate of drug-likeness (QED) is 0.938. The third-order valence-corrected chi connectivity index (χ3v) is 4.21. The molecule has 1 fully saturated rings. The Morgan fingerprint density at radius 2 is 2.00 bits per heavy atom. The number of benzene rings is 1. The molecule has 2 aromatic rings. The molecule has 0 bridgehead atoms. The van der Waals surface area contributed by atoms with E-state index in [1.165, 1.54) is 5.56 Å². The molecule has 3 rings (SSSR count). The van der Waals surface area contributed by atoms with Gasteiger partial charge in [-0.3, -0.25) is 4.90 Å². The molecule has 0 amide bonds. The molecule has 3 nitrogen and oxygen atoms in total. The van der Waals surface area contributed by atoms with Crippen LogP contribution in [-0.4, -0.2) is 23.1 Å². The molecule has 1 saturated heterocycles. The molecule has 2 heterocycles.